The zero-order valence-corrected chi connectivity index (χ0v) is 11.3. The Morgan fingerprint density at radius 1 is 1.38 bits per heavy atom. The fourth-order valence-corrected chi connectivity index (χ4v) is 2.33. The van der Waals surface area contributed by atoms with Crippen molar-refractivity contribution in [3.05, 3.63) is 54.2 Å². The summed E-state index contributed by atoms with van der Waals surface area (Å²) >= 11 is 0. The lowest BCUT2D eigenvalue weighted by molar-refractivity contribution is 0.0770. The van der Waals surface area contributed by atoms with Gasteiger partial charge < -0.3 is 9.64 Å². The third kappa shape index (κ3) is 3.16. The number of nitrogens with zero attached hydrogens (tertiary/aromatic N) is 3. The summed E-state index contributed by atoms with van der Waals surface area (Å²) in [4.78, 5) is 21.9. The first-order valence-corrected chi connectivity index (χ1v) is 6.70. The Hall–Kier alpha value is -2.50. The first-order valence-electron chi connectivity index (χ1n) is 6.70. The predicted octanol–water partition coefficient (Wildman–Crippen LogP) is 1.91. The summed E-state index contributed by atoms with van der Waals surface area (Å²) < 4.78 is 18.8. The fourth-order valence-electron chi connectivity index (χ4n) is 2.33. The number of rotatable bonds is 3. The van der Waals surface area contributed by atoms with Crippen molar-refractivity contribution in [1.29, 1.82) is 0 Å². The molecule has 1 aromatic carbocycles. The molecule has 0 bridgehead atoms. The number of carbonyl (C=O) groups excluding carboxylic acids is 1. The maximum atomic E-state index is 13.2. The van der Waals surface area contributed by atoms with E-state index >= 15 is 0 Å². The minimum Gasteiger partial charge on any atom is -0.471 e. The Bertz CT molecular complexity index is 636. The number of likely N-dealkylation sites (tertiary alicyclic amines) is 1. The number of aromatic nitrogens is 2. The van der Waals surface area contributed by atoms with E-state index in [9.17, 15) is 9.18 Å². The molecule has 2 aromatic rings. The van der Waals surface area contributed by atoms with Gasteiger partial charge in [-0.3, -0.25) is 9.78 Å². The summed E-state index contributed by atoms with van der Waals surface area (Å²) in [6, 6.07) is 5.72. The van der Waals surface area contributed by atoms with Crippen LogP contribution in [0.1, 0.15) is 16.8 Å². The molecule has 2 heterocycles. The number of hydrogen-bond donors (Lipinski definition) is 0. The number of carbonyl (C=O) groups is 1. The topological polar surface area (TPSA) is 55.3 Å². The Kier molecular flexibility index (Phi) is 3.77. The summed E-state index contributed by atoms with van der Waals surface area (Å²) in [5.41, 5.74) is 0.357. The van der Waals surface area contributed by atoms with Crippen molar-refractivity contribution in [2.75, 3.05) is 13.1 Å². The molecule has 6 heteroatoms. The third-order valence-electron chi connectivity index (χ3n) is 3.33. The molecule has 1 amide bonds. The van der Waals surface area contributed by atoms with Crippen molar-refractivity contribution < 1.29 is 13.9 Å². The molecule has 1 aliphatic rings. The first-order chi connectivity index (χ1) is 10.2. The van der Waals surface area contributed by atoms with Crippen LogP contribution in [0.4, 0.5) is 4.39 Å². The van der Waals surface area contributed by atoms with E-state index in [1.807, 2.05) is 0 Å². The number of ether oxygens (including phenoxy) is 1. The maximum Gasteiger partial charge on any atom is 0.254 e. The van der Waals surface area contributed by atoms with Crippen LogP contribution in [0.25, 0.3) is 0 Å². The molecule has 5 nitrogen and oxygen atoms in total. The van der Waals surface area contributed by atoms with E-state index in [1.165, 1.54) is 24.4 Å². The highest BCUT2D eigenvalue weighted by Crippen LogP contribution is 2.18. The van der Waals surface area contributed by atoms with Crippen LogP contribution in [0.3, 0.4) is 0 Å². The molecule has 108 valence electrons. The average molecular weight is 287 g/mol. The van der Waals surface area contributed by atoms with Crippen LogP contribution >= 0.6 is 0 Å². The van der Waals surface area contributed by atoms with Crippen molar-refractivity contribution in [1.82, 2.24) is 14.9 Å². The van der Waals surface area contributed by atoms with E-state index in [1.54, 1.807) is 23.4 Å². The largest absolute Gasteiger partial charge is 0.471 e. The smallest absolute Gasteiger partial charge is 0.254 e. The van der Waals surface area contributed by atoms with Gasteiger partial charge in [-0.05, 0) is 18.2 Å². The van der Waals surface area contributed by atoms with Crippen molar-refractivity contribution in [3.63, 3.8) is 0 Å². The van der Waals surface area contributed by atoms with Gasteiger partial charge in [0.2, 0.25) is 5.88 Å². The summed E-state index contributed by atoms with van der Waals surface area (Å²) in [6.45, 7) is 1.05. The van der Waals surface area contributed by atoms with Crippen LogP contribution in [-0.2, 0) is 0 Å². The zero-order valence-electron chi connectivity index (χ0n) is 11.3. The van der Waals surface area contributed by atoms with Crippen LogP contribution in [0, 0.1) is 5.82 Å². The molecule has 0 spiro atoms. The van der Waals surface area contributed by atoms with Crippen LogP contribution in [0.5, 0.6) is 5.88 Å². The predicted molar refractivity (Wildman–Crippen MR) is 73.4 cm³/mol. The van der Waals surface area contributed by atoms with E-state index in [0.717, 1.165) is 6.42 Å². The highest BCUT2D eigenvalue weighted by molar-refractivity contribution is 5.94. The molecule has 1 saturated heterocycles. The van der Waals surface area contributed by atoms with Gasteiger partial charge in [0.05, 0.1) is 12.7 Å². The van der Waals surface area contributed by atoms with Gasteiger partial charge in [-0.15, -0.1) is 0 Å². The lowest BCUT2D eigenvalue weighted by Gasteiger charge is -2.17. The van der Waals surface area contributed by atoms with Crippen LogP contribution in [0.15, 0.2) is 42.9 Å². The third-order valence-corrected chi connectivity index (χ3v) is 3.33. The number of benzene rings is 1. The standard InChI is InChI=1S/C15H14FN3O2/c16-12-3-1-2-11(8-12)15(20)19-7-4-13(10-19)21-14-9-17-5-6-18-14/h1-3,5-6,8-9,13H,4,7,10H2. The molecule has 3 rings (SSSR count). The monoisotopic (exact) mass is 287 g/mol. The van der Waals surface area contributed by atoms with Crippen LogP contribution in [0.2, 0.25) is 0 Å². The second-order valence-electron chi connectivity index (χ2n) is 4.83. The van der Waals surface area contributed by atoms with Gasteiger partial charge in [-0.1, -0.05) is 6.07 Å². The molecule has 1 unspecified atom stereocenters. The van der Waals surface area contributed by atoms with Gasteiger partial charge >= 0.3 is 0 Å². The molecule has 1 aromatic heterocycles. The van der Waals surface area contributed by atoms with Gasteiger partial charge in [0.25, 0.3) is 5.91 Å². The second kappa shape index (κ2) is 5.87. The average Bonchev–Trinajstić information content (AvgIpc) is 2.96. The number of halogens is 1. The minimum atomic E-state index is -0.410. The SMILES string of the molecule is O=C(c1cccc(F)c1)N1CCC(Oc2cnccn2)C1. The van der Waals surface area contributed by atoms with Crippen molar-refractivity contribution >= 4 is 5.91 Å². The van der Waals surface area contributed by atoms with E-state index < -0.39 is 5.82 Å². The molecular formula is C15H14FN3O2. The van der Waals surface area contributed by atoms with Gasteiger partial charge in [0.15, 0.2) is 0 Å². The Labute approximate surface area is 121 Å². The second-order valence-corrected chi connectivity index (χ2v) is 4.83. The zero-order chi connectivity index (χ0) is 14.7. The molecule has 0 saturated carbocycles. The van der Waals surface area contributed by atoms with Crippen LogP contribution < -0.4 is 4.74 Å². The Morgan fingerprint density at radius 3 is 3.05 bits per heavy atom. The lowest BCUT2D eigenvalue weighted by atomic mass is 10.2. The molecule has 1 fully saturated rings. The van der Waals surface area contributed by atoms with Gasteiger partial charge in [-0.25, -0.2) is 9.37 Å². The lowest BCUT2D eigenvalue weighted by Crippen LogP contribution is -2.31. The quantitative estimate of drug-likeness (QED) is 0.865. The van der Waals surface area contributed by atoms with E-state index in [-0.39, 0.29) is 12.0 Å². The van der Waals surface area contributed by atoms with Gasteiger partial charge in [0, 0.05) is 30.9 Å². The summed E-state index contributed by atoms with van der Waals surface area (Å²) in [6.07, 6.45) is 5.27. The summed E-state index contributed by atoms with van der Waals surface area (Å²) in [5.74, 6) is -0.144. The van der Waals surface area contributed by atoms with Crippen molar-refractivity contribution in [2.45, 2.75) is 12.5 Å². The van der Waals surface area contributed by atoms with Crippen LogP contribution in [-0.4, -0.2) is 40.0 Å². The van der Waals surface area contributed by atoms with E-state index in [0.29, 0.717) is 24.5 Å². The highest BCUT2D eigenvalue weighted by Gasteiger charge is 2.28. The highest BCUT2D eigenvalue weighted by atomic mass is 19.1. The van der Waals surface area contributed by atoms with Crippen molar-refractivity contribution in [3.8, 4) is 5.88 Å². The van der Waals surface area contributed by atoms with E-state index in [2.05, 4.69) is 9.97 Å². The molecule has 21 heavy (non-hydrogen) atoms. The Morgan fingerprint density at radius 2 is 2.29 bits per heavy atom. The summed E-state index contributed by atoms with van der Waals surface area (Å²) in [5, 5.41) is 0. The van der Waals surface area contributed by atoms with Crippen molar-refractivity contribution in [2.24, 2.45) is 0 Å². The number of hydrogen-bond acceptors (Lipinski definition) is 4. The molecule has 0 radical (unpaired) electrons. The molecule has 0 aliphatic carbocycles. The minimum absolute atomic E-state index is 0.112. The molecule has 1 aliphatic heterocycles. The maximum absolute atomic E-state index is 13.2. The molecular weight excluding hydrogens is 273 g/mol. The van der Waals surface area contributed by atoms with Gasteiger partial charge in [0.1, 0.15) is 11.9 Å². The Balaban J connectivity index is 1.63. The summed E-state index contributed by atoms with van der Waals surface area (Å²) in [7, 11) is 0. The molecule has 1 atom stereocenters. The van der Waals surface area contributed by atoms with Gasteiger partial charge in [-0.2, -0.15) is 0 Å². The normalized spacial score (nSPS) is 17.8. The number of amides is 1. The molecule has 0 N–H and O–H groups in total. The first kappa shape index (κ1) is 13.5. The fraction of sp³-hybridized carbons (Fsp3) is 0.267. The van der Waals surface area contributed by atoms with E-state index in [4.69, 9.17) is 4.74 Å².